The minimum atomic E-state index is 0.318. The van der Waals surface area contributed by atoms with Crippen molar-refractivity contribution in [1.29, 1.82) is 0 Å². The Hall–Kier alpha value is -2.95. The molecule has 1 aromatic heterocycles. The van der Waals surface area contributed by atoms with Crippen LogP contribution in [0.5, 0.6) is 5.75 Å². The first-order valence-electron chi connectivity index (χ1n) is 6.55. The van der Waals surface area contributed by atoms with Gasteiger partial charge in [0.25, 0.3) is 0 Å². The Balaban J connectivity index is 1.92. The zero-order chi connectivity index (χ0) is 14.8. The van der Waals surface area contributed by atoms with Crippen molar-refractivity contribution in [3.05, 3.63) is 54.2 Å². The van der Waals surface area contributed by atoms with E-state index >= 15 is 0 Å². The number of pyridine rings is 1. The predicted molar refractivity (Wildman–Crippen MR) is 85.8 cm³/mol. The Kier molecular flexibility index (Phi) is 3.23. The number of nitrogen functional groups attached to an aromatic ring is 3. The smallest absolute Gasteiger partial charge is 0.146 e. The van der Waals surface area contributed by atoms with Crippen LogP contribution in [0, 0.1) is 0 Å². The van der Waals surface area contributed by atoms with Crippen LogP contribution in [0.1, 0.15) is 5.56 Å². The molecule has 0 aliphatic rings. The zero-order valence-corrected chi connectivity index (χ0v) is 11.4. The first kappa shape index (κ1) is 13.1. The predicted octanol–water partition coefficient (Wildman–Crippen LogP) is 2.56. The molecule has 0 saturated carbocycles. The molecule has 0 spiro atoms. The fraction of sp³-hybridized carbons (Fsp3) is 0.0625. The SMILES string of the molecule is Nc1nccc(COc2ccc(N)c3ccccc23)c1N. The van der Waals surface area contributed by atoms with Gasteiger partial charge in [0.1, 0.15) is 18.2 Å². The maximum atomic E-state index is 5.98. The second-order valence-corrected chi connectivity index (χ2v) is 4.76. The molecule has 0 bridgehead atoms. The molecular formula is C16H16N4O. The van der Waals surface area contributed by atoms with Crippen LogP contribution >= 0.6 is 0 Å². The number of fused-ring (bicyclic) bond motifs is 1. The molecule has 0 atom stereocenters. The van der Waals surface area contributed by atoms with Crippen LogP contribution in [-0.2, 0) is 6.61 Å². The van der Waals surface area contributed by atoms with Gasteiger partial charge in [-0.25, -0.2) is 4.98 Å². The van der Waals surface area contributed by atoms with E-state index in [2.05, 4.69) is 4.98 Å². The van der Waals surface area contributed by atoms with Gasteiger partial charge in [-0.15, -0.1) is 0 Å². The van der Waals surface area contributed by atoms with E-state index < -0.39 is 0 Å². The van der Waals surface area contributed by atoms with E-state index in [1.165, 1.54) is 0 Å². The molecule has 0 saturated heterocycles. The molecule has 0 fully saturated rings. The lowest BCUT2D eigenvalue weighted by molar-refractivity contribution is 0.310. The van der Waals surface area contributed by atoms with Gasteiger partial charge in [0.2, 0.25) is 0 Å². The summed E-state index contributed by atoms with van der Waals surface area (Å²) in [6.45, 7) is 0.326. The number of nitrogens with two attached hydrogens (primary N) is 3. The summed E-state index contributed by atoms with van der Waals surface area (Å²) < 4.78 is 5.88. The van der Waals surface area contributed by atoms with E-state index in [1.54, 1.807) is 12.3 Å². The highest BCUT2D eigenvalue weighted by Gasteiger charge is 2.07. The van der Waals surface area contributed by atoms with Crippen molar-refractivity contribution < 1.29 is 4.74 Å². The van der Waals surface area contributed by atoms with E-state index in [4.69, 9.17) is 21.9 Å². The third kappa shape index (κ3) is 2.41. The minimum absolute atomic E-state index is 0.318. The molecule has 5 heteroatoms. The summed E-state index contributed by atoms with van der Waals surface area (Å²) in [6, 6.07) is 13.3. The maximum absolute atomic E-state index is 5.98. The van der Waals surface area contributed by atoms with Gasteiger partial charge in [0.15, 0.2) is 0 Å². The maximum Gasteiger partial charge on any atom is 0.146 e. The van der Waals surface area contributed by atoms with Crippen molar-refractivity contribution in [1.82, 2.24) is 4.98 Å². The molecule has 0 radical (unpaired) electrons. The molecule has 6 N–H and O–H groups in total. The second kappa shape index (κ2) is 5.20. The van der Waals surface area contributed by atoms with Gasteiger partial charge in [-0.2, -0.15) is 0 Å². The molecule has 5 nitrogen and oxygen atoms in total. The van der Waals surface area contributed by atoms with Gasteiger partial charge >= 0.3 is 0 Å². The molecule has 0 aliphatic heterocycles. The normalized spacial score (nSPS) is 10.7. The Morgan fingerprint density at radius 2 is 1.67 bits per heavy atom. The van der Waals surface area contributed by atoms with E-state index in [0.717, 1.165) is 27.8 Å². The van der Waals surface area contributed by atoms with Crippen LogP contribution in [-0.4, -0.2) is 4.98 Å². The fourth-order valence-electron chi connectivity index (χ4n) is 2.23. The van der Waals surface area contributed by atoms with Gasteiger partial charge in [0.05, 0.1) is 5.69 Å². The quantitative estimate of drug-likeness (QED) is 0.640. The summed E-state index contributed by atoms with van der Waals surface area (Å²) in [5.74, 6) is 1.08. The van der Waals surface area contributed by atoms with Gasteiger partial charge in [-0.05, 0) is 18.2 Å². The Morgan fingerprint density at radius 1 is 0.905 bits per heavy atom. The largest absolute Gasteiger partial charge is 0.488 e. The lowest BCUT2D eigenvalue weighted by atomic mass is 10.1. The number of ether oxygens (including phenoxy) is 1. The molecule has 3 rings (SSSR count). The topological polar surface area (TPSA) is 100 Å². The molecule has 0 aliphatic carbocycles. The van der Waals surface area contributed by atoms with Gasteiger partial charge in [-0.3, -0.25) is 0 Å². The van der Waals surface area contributed by atoms with Crippen LogP contribution in [0.2, 0.25) is 0 Å². The second-order valence-electron chi connectivity index (χ2n) is 4.76. The average Bonchev–Trinajstić information content (AvgIpc) is 2.51. The lowest BCUT2D eigenvalue weighted by Gasteiger charge is -2.12. The molecule has 0 amide bonds. The summed E-state index contributed by atoms with van der Waals surface area (Å²) in [4.78, 5) is 3.94. The highest BCUT2D eigenvalue weighted by molar-refractivity contribution is 5.96. The standard InChI is InChI=1S/C16H16N4O/c17-13-5-6-14(12-4-2-1-3-11(12)13)21-9-10-7-8-20-16(19)15(10)18/h1-8H,9,17-18H2,(H2,19,20). The van der Waals surface area contributed by atoms with Gasteiger partial charge < -0.3 is 21.9 Å². The molecule has 2 aromatic carbocycles. The van der Waals surface area contributed by atoms with Gasteiger partial charge in [0, 0.05) is 28.2 Å². The Morgan fingerprint density at radius 3 is 2.48 bits per heavy atom. The minimum Gasteiger partial charge on any atom is -0.488 e. The van der Waals surface area contributed by atoms with Crippen molar-refractivity contribution in [2.45, 2.75) is 6.61 Å². The molecule has 3 aromatic rings. The first-order valence-corrected chi connectivity index (χ1v) is 6.55. The number of rotatable bonds is 3. The van der Waals surface area contributed by atoms with Crippen molar-refractivity contribution in [2.75, 3.05) is 17.2 Å². The van der Waals surface area contributed by atoms with Crippen LogP contribution in [0.25, 0.3) is 10.8 Å². The first-order chi connectivity index (χ1) is 10.2. The average molecular weight is 280 g/mol. The number of nitrogens with zero attached hydrogens (tertiary/aromatic N) is 1. The molecule has 106 valence electrons. The number of benzene rings is 2. The van der Waals surface area contributed by atoms with Crippen molar-refractivity contribution in [3.63, 3.8) is 0 Å². The van der Waals surface area contributed by atoms with E-state index in [-0.39, 0.29) is 0 Å². The summed E-state index contributed by atoms with van der Waals surface area (Å²) in [7, 11) is 0. The zero-order valence-electron chi connectivity index (χ0n) is 11.4. The van der Waals surface area contributed by atoms with Crippen LogP contribution in [0.4, 0.5) is 17.2 Å². The van der Waals surface area contributed by atoms with E-state index in [0.29, 0.717) is 18.1 Å². The fourth-order valence-corrected chi connectivity index (χ4v) is 2.23. The summed E-state index contributed by atoms with van der Waals surface area (Å²) >= 11 is 0. The molecular weight excluding hydrogens is 264 g/mol. The number of hydrogen-bond acceptors (Lipinski definition) is 5. The number of anilines is 3. The van der Waals surface area contributed by atoms with E-state index in [1.807, 2.05) is 36.4 Å². The van der Waals surface area contributed by atoms with Crippen LogP contribution in [0.3, 0.4) is 0 Å². The Bertz CT molecular complexity index is 801. The summed E-state index contributed by atoms with van der Waals surface area (Å²) in [6.07, 6.45) is 1.62. The van der Waals surface area contributed by atoms with E-state index in [9.17, 15) is 0 Å². The number of aromatic nitrogens is 1. The Labute approximate surface area is 122 Å². The summed E-state index contributed by atoms with van der Waals surface area (Å²) in [5.41, 5.74) is 19.6. The molecule has 0 unspecified atom stereocenters. The van der Waals surface area contributed by atoms with Crippen molar-refractivity contribution >= 4 is 28.0 Å². The molecule has 1 heterocycles. The highest BCUT2D eigenvalue weighted by atomic mass is 16.5. The van der Waals surface area contributed by atoms with Crippen molar-refractivity contribution in [3.8, 4) is 5.75 Å². The third-order valence-electron chi connectivity index (χ3n) is 3.41. The van der Waals surface area contributed by atoms with Crippen LogP contribution in [0.15, 0.2) is 48.7 Å². The third-order valence-corrected chi connectivity index (χ3v) is 3.41. The number of hydrogen-bond donors (Lipinski definition) is 3. The van der Waals surface area contributed by atoms with Crippen LogP contribution < -0.4 is 21.9 Å². The lowest BCUT2D eigenvalue weighted by Crippen LogP contribution is -2.05. The highest BCUT2D eigenvalue weighted by Crippen LogP contribution is 2.31. The molecule has 21 heavy (non-hydrogen) atoms. The summed E-state index contributed by atoms with van der Waals surface area (Å²) in [5, 5.41) is 1.94. The van der Waals surface area contributed by atoms with Gasteiger partial charge in [-0.1, -0.05) is 24.3 Å². The monoisotopic (exact) mass is 280 g/mol. The van der Waals surface area contributed by atoms with Crippen molar-refractivity contribution in [2.24, 2.45) is 0 Å².